The van der Waals surface area contributed by atoms with Crippen molar-refractivity contribution in [2.75, 3.05) is 12.4 Å². The van der Waals surface area contributed by atoms with Gasteiger partial charge < -0.3 is 10.1 Å². The first-order valence-corrected chi connectivity index (χ1v) is 7.19. The number of ether oxygens (including phenoxy) is 1. The van der Waals surface area contributed by atoms with Gasteiger partial charge in [-0.2, -0.15) is 0 Å². The second kappa shape index (κ2) is 6.67. The normalized spacial score (nSPS) is 12.0. The fourth-order valence-electron chi connectivity index (χ4n) is 2.25. The minimum Gasteiger partial charge on any atom is -0.497 e. The Morgan fingerprint density at radius 2 is 1.85 bits per heavy atom. The molecular weight excluding hydrogens is 270 g/mol. The third-order valence-corrected chi connectivity index (χ3v) is 3.78. The van der Waals surface area contributed by atoms with Gasteiger partial charge in [0, 0.05) is 0 Å². The number of aryl methyl sites for hydroxylation is 1. The van der Waals surface area contributed by atoms with E-state index in [4.69, 9.17) is 16.3 Å². The fourth-order valence-corrected chi connectivity index (χ4v) is 2.52. The van der Waals surface area contributed by atoms with Gasteiger partial charge >= 0.3 is 0 Å². The van der Waals surface area contributed by atoms with Gasteiger partial charge in [-0.25, -0.2) is 0 Å². The minimum absolute atomic E-state index is 0.236. The zero-order chi connectivity index (χ0) is 14.5. The summed E-state index contributed by atoms with van der Waals surface area (Å²) in [6.07, 6.45) is 0.983. The van der Waals surface area contributed by atoms with E-state index in [0.717, 1.165) is 28.4 Å². The highest BCUT2D eigenvalue weighted by Gasteiger charge is 2.12. The third-order valence-electron chi connectivity index (χ3n) is 3.47. The number of benzene rings is 2. The molecule has 0 radical (unpaired) electrons. The average Bonchev–Trinajstić information content (AvgIpc) is 2.47. The largest absolute Gasteiger partial charge is 0.497 e. The summed E-state index contributed by atoms with van der Waals surface area (Å²) >= 11 is 6.28. The Hall–Kier alpha value is -1.67. The van der Waals surface area contributed by atoms with Crippen LogP contribution in [0.4, 0.5) is 5.69 Å². The van der Waals surface area contributed by atoms with Crippen molar-refractivity contribution in [3.8, 4) is 5.75 Å². The Kier molecular flexibility index (Phi) is 4.91. The van der Waals surface area contributed by atoms with Gasteiger partial charge in [0.1, 0.15) is 5.75 Å². The molecule has 0 aliphatic heterocycles. The summed E-state index contributed by atoms with van der Waals surface area (Å²) in [6, 6.07) is 14.3. The first-order valence-electron chi connectivity index (χ1n) is 6.81. The quantitative estimate of drug-likeness (QED) is 0.815. The molecule has 0 saturated heterocycles. The lowest BCUT2D eigenvalue weighted by atomic mass is 10.0. The predicted octanol–water partition coefficient (Wildman–Crippen LogP) is 5.22. The molecule has 106 valence electrons. The van der Waals surface area contributed by atoms with E-state index in [1.807, 2.05) is 24.3 Å². The summed E-state index contributed by atoms with van der Waals surface area (Å²) in [5.41, 5.74) is 3.40. The molecule has 0 aromatic heterocycles. The molecule has 1 N–H and O–H groups in total. The Labute approximate surface area is 125 Å². The zero-order valence-electron chi connectivity index (χ0n) is 12.1. The molecule has 0 amide bonds. The number of nitrogens with one attached hydrogen (secondary N) is 1. The van der Waals surface area contributed by atoms with E-state index >= 15 is 0 Å². The lowest BCUT2D eigenvalue weighted by Gasteiger charge is -2.21. The van der Waals surface area contributed by atoms with Crippen molar-refractivity contribution in [2.24, 2.45) is 0 Å². The van der Waals surface area contributed by atoms with Gasteiger partial charge in [-0.15, -0.1) is 0 Å². The molecule has 2 aromatic rings. The molecule has 1 atom stereocenters. The molecule has 1 unspecified atom stereocenters. The molecule has 0 saturated carbocycles. The maximum absolute atomic E-state index is 6.28. The lowest BCUT2D eigenvalue weighted by molar-refractivity contribution is 0.414. The van der Waals surface area contributed by atoms with Crippen molar-refractivity contribution in [1.29, 1.82) is 0 Å². The van der Waals surface area contributed by atoms with Gasteiger partial charge in [0.25, 0.3) is 0 Å². The van der Waals surface area contributed by atoms with E-state index < -0.39 is 0 Å². The highest BCUT2D eigenvalue weighted by Crippen LogP contribution is 2.31. The molecule has 0 fully saturated rings. The summed E-state index contributed by atoms with van der Waals surface area (Å²) in [4.78, 5) is 0. The third kappa shape index (κ3) is 3.26. The van der Waals surface area contributed by atoms with Crippen LogP contribution in [0.1, 0.15) is 30.5 Å². The van der Waals surface area contributed by atoms with Crippen LogP contribution in [-0.4, -0.2) is 7.11 Å². The van der Waals surface area contributed by atoms with Crippen LogP contribution in [0.5, 0.6) is 5.75 Å². The molecule has 2 nitrogen and oxygen atoms in total. The van der Waals surface area contributed by atoms with Crippen molar-refractivity contribution in [1.82, 2.24) is 0 Å². The van der Waals surface area contributed by atoms with Gasteiger partial charge in [-0.05, 0) is 42.7 Å². The van der Waals surface area contributed by atoms with Gasteiger partial charge in [0.2, 0.25) is 0 Å². The first-order chi connectivity index (χ1) is 9.65. The molecular formula is C17H20ClNO. The molecule has 0 aliphatic rings. The van der Waals surface area contributed by atoms with E-state index in [2.05, 4.69) is 37.4 Å². The number of halogens is 1. The molecule has 20 heavy (non-hydrogen) atoms. The number of para-hydroxylation sites is 1. The fraction of sp³-hybridized carbons (Fsp3) is 0.294. The van der Waals surface area contributed by atoms with Crippen molar-refractivity contribution in [3.63, 3.8) is 0 Å². The standard InChI is InChI=1S/C17H20ClNO/c1-4-16(13-8-10-14(20-3)11-9-13)19-17-12(2)6-5-7-15(17)18/h5-11,16,19H,4H2,1-3H3. The molecule has 2 aromatic carbocycles. The minimum atomic E-state index is 0.236. The second-order valence-electron chi connectivity index (χ2n) is 4.81. The topological polar surface area (TPSA) is 21.3 Å². The van der Waals surface area contributed by atoms with Gasteiger partial charge in [-0.1, -0.05) is 42.8 Å². The van der Waals surface area contributed by atoms with E-state index in [0.29, 0.717) is 0 Å². The van der Waals surface area contributed by atoms with Crippen LogP contribution in [-0.2, 0) is 0 Å². The highest BCUT2D eigenvalue weighted by molar-refractivity contribution is 6.33. The van der Waals surface area contributed by atoms with Crippen molar-refractivity contribution < 1.29 is 4.74 Å². The monoisotopic (exact) mass is 289 g/mol. The SMILES string of the molecule is CCC(Nc1c(C)cccc1Cl)c1ccc(OC)cc1. The second-order valence-corrected chi connectivity index (χ2v) is 5.22. The Morgan fingerprint density at radius 1 is 1.15 bits per heavy atom. The van der Waals surface area contributed by atoms with Crippen LogP contribution in [0, 0.1) is 6.92 Å². The maximum Gasteiger partial charge on any atom is 0.118 e. The van der Waals surface area contributed by atoms with Gasteiger partial charge in [0.05, 0.1) is 23.9 Å². The average molecular weight is 290 g/mol. The molecule has 3 heteroatoms. The van der Waals surface area contributed by atoms with Crippen LogP contribution >= 0.6 is 11.6 Å². The smallest absolute Gasteiger partial charge is 0.118 e. The van der Waals surface area contributed by atoms with Crippen molar-refractivity contribution in [2.45, 2.75) is 26.3 Å². The zero-order valence-corrected chi connectivity index (χ0v) is 12.9. The Bertz CT molecular complexity index is 545. The van der Waals surface area contributed by atoms with E-state index in [1.165, 1.54) is 5.56 Å². The highest BCUT2D eigenvalue weighted by atomic mass is 35.5. The number of rotatable bonds is 5. The van der Waals surface area contributed by atoms with Crippen LogP contribution in [0.15, 0.2) is 42.5 Å². The predicted molar refractivity (Wildman–Crippen MR) is 85.8 cm³/mol. The summed E-state index contributed by atoms with van der Waals surface area (Å²) in [6.45, 7) is 4.23. The molecule has 0 bridgehead atoms. The van der Waals surface area contributed by atoms with Crippen molar-refractivity contribution in [3.05, 3.63) is 58.6 Å². The number of hydrogen-bond acceptors (Lipinski definition) is 2. The van der Waals surface area contributed by atoms with Crippen molar-refractivity contribution >= 4 is 17.3 Å². The summed E-state index contributed by atoms with van der Waals surface area (Å²) in [5, 5.41) is 4.31. The van der Waals surface area contributed by atoms with Crippen LogP contribution in [0.2, 0.25) is 5.02 Å². The maximum atomic E-state index is 6.28. The van der Waals surface area contributed by atoms with E-state index in [-0.39, 0.29) is 6.04 Å². The van der Waals surface area contributed by atoms with Gasteiger partial charge in [-0.3, -0.25) is 0 Å². The van der Waals surface area contributed by atoms with Gasteiger partial charge in [0.15, 0.2) is 0 Å². The summed E-state index contributed by atoms with van der Waals surface area (Å²) < 4.78 is 5.20. The number of anilines is 1. The number of hydrogen-bond donors (Lipinski definition) is 1. The van der Waals surface area contributed by atoms with Crippen LogP contribution in [0.3, 0.4) is 0 Å². The van der Waals surface area contributed by atoms with E-state index in [1.54, 1.807) is 7.11 Å². The molecule has 0 aliphatic carbocycles. The first kappa shape index (κ1) is 14.7. The Morgan fingerprint density at radius 3 is 2.40 bits per heavy atom. The number of methoxy groups -OCH3 is 1. The molecule has 0 spiro atoms. The van der Waals surface area contributed by atoms with E-state index in [9.17, 15) is 0 Å². The summed E-state index contributed by atoms with van der Waals surface area (Å²) in [7, 11) is 1.68. The molecule has 0 heterocycles. The summed E-state index contributed by atoms with van der Waals surface area (Å²) in [5.74, 6) is 0.873. The lowest BCUT2D eigenvalue weighted by Crippen LogP contribution is -2.11. The van der Waals surface area contributed by atoms with Crippen LogP contribution in [0.25, 0.3) is 0 Å². The van der Waals surface area contributed by atoms with Crippen LogP contribution < -0.4 is 10.1 Å². The Balaban J connectivity index is 2.24. The molecule has 2 rings (SSSR count).